The van der Waals surface area contributed by atoms with Crippen LogP contribution in [-0.2, 0) is 5.75 Å². The van der Waals surface area contributed by atoms with E-state index in [2.05, 4.69) is 9.97 Å². The Morgan fingerprint density at radius 3 is 2.47 bits per heavy atom. The van der Waals surface area contributed by atoms with Gasteiger partial charge in [0.05, 0.1) is 5.69 Å². The summed E-state index contributed by atoms with van der Waals surface area (Å²) in [4.78, 5) is 8.76. The van der Waals surface area contributed by atoms with E-state index in [4.69, 9.17) is 23.2 Å². The normalized spacial score (nSPS) is 10.5. The number of thioether (sulfide) groups is 1. The van der Waals surface area contributed by atoms with Gasteiger partial charge in [0.2, 0.25) is 5.28 Å². The first kappa shape index (κ1) is 12.6. The molecule has 2 rings (SSSR count). The van der Waals surface area contributed by atoms with Gasteiger partial charge in [-0.05, 0) is 41.9 Å². The molecule has 0 spiro atoms. The standard InChI is InChI=1S/C11H7Cl2FN2S/c12-10-5-8(15-11(13)16-10)6-17-9-3-1-7(14)2-4-9/h1-5H,6H2. The van der Waals surface area contributed by atoms with E-state index in [1.807, 2.05) is 0 Å². The third kappa shape index (κ3) is 3.84. The lowest BCUT2D eigenvalue weighted by Crippen LogP contribution is -1.90. The molecule has 0 bridgehead atoms. The fourth-order valence-corrected chi connectivity index (χ4v) is 2.44. The molecule has 1 aromatic heterocycles. The van der Waals surface area contributed by atoms with Crippen LogP contribution < -0.4 is 0 Å². The number of hydrogen-bond donors (Lipinski definition) is 0. The second-order valence-electron chi connectivity index (χ2n) is 3.19. The topological polar surface area (TPSA) is 25.8 Å². The summed E-state index contributed by atoms with van der Waals surface area (Å²) >= 11 is 13.0. The molecule has 0 fully saturated rings. The first-order valence-corrected chi connectivity index (χ1v) is 6.45. The molecule has 0 N–H and O–H groups in total. The first-order chi connectivity index (χ1) is 8.13. The van der Waals surface area contributed by atoms with Crippen molar-refractivity contribution in [1.29, 1.82) is 0 Å². The number of benzene rings is 1. The van der Waals surface area contributed by atoms with E-state index in [-0.39, 0.29) is 11.1 Å². The van der Waals surface area contributed by atoms with E-state index in [0.29, 0.717) is 10.9 Å². The molecule has 2 aromatic rings. The molecule has 2 nitrogen and oxygen atoms in total. The highest BCUT2D eigenvalue weighted by Crippen LogP contribution is 2.23. The number of aromatic nitrogens is 2. The van der Waals surface area contributed by atoms with Crippen molar-refractivity contribution in [3.8, 4) is 0 Å². The van der Waals surface area contributed by atoms with Gasteiger partial charge in [0.1, 0.15) is 11.0 Å². The smallest absolute Gasteiger partial charge is 0.222 e. The molecule has 1 aromatic carbocycles. The van der Waals surface area contributed by atoms with Crippen LogP contribution in [0.2, 0.25) is 10.4 Å². The summed E-state index contributed by atoms with van der Waals surface area (Å²) in [6, 6.07) is 7.92. The fraction of sp³-hybridized carbons (Fsp3) is 0.0909. The number of hydrogen-bond acceptors (Lipinski definition) is 3. The summed E-state index contributed by atoms with van der Waals surface area (Å²) in [6.07, 6.45) is 0. The Morgan fingerprint density at radius 1 is 1.12 bits per heavy atom. The van der Waals surface area contributed by atoms with Crippen LogP contribution in [0.1, 0.15) is 5.69 Å². The van der Waals surface area contributed by atoms with Gasteiger partial charge in [-0.1, -0.05) is 11.6 Å². The maximum absolute atomic E-state index is 12.7. The summed E-state index contributed by atoms with van der Waals surface area (Å²) in [5.41, 5.74) is 0.740. The summed E-state index contributed by atoms with van der Waals surface area (Å²) < 4.78 is 12.7. The monoisotopic (exact) mass is 288 g/mol. The maximum Gasteiger partial charge on any atom is 0.224 e. The average Bonchev–Trinajstić information content (AvgIpc) is 2.27. The van der Waals surface area contributed by atoms with Gasteiger partial charge in [-0.3, -0.25) is 0 Å². The molecule has 88 valence electrons. The van der Waals surface area contributed by atoms with Gasteiger partial charge in [-0.2, -0.15) is 0 Å². The van der Waals surface area contributed by atoms with Crippen LogP contribution in [0.25, 0.3) is 0 Å². The van der Waals surface area contributed by atoms with Gasteiger partial charge in [0.25, 0.3) is 0 Å². The third-order valence-electron chi connectivity index (χ3n) is 1.92. The van der Waals surface area contributed by atoms with E-state index < -0.39 is 0 Å². The quantitative estimate of drug-likeness (QED) is 0.481. The van der Waals surface area contributed by atoms with Crippen LogP contribution in [0.15, 0.2) is 35.2 Å². The molecule has 0 saturated heterocycles. The molecular formula is C11H7Cl2FN2S. The minimum absolute atomic E-state index is 0.132. The van der Waals surface area contributed by atoms with Crippen molar-refractivity contribution in [2.24, 2.45) is 0 Å². The highest BCUT2D eigenvalue weighted by Gasteiger charge is 2.02. The molecule has 6 heteroatoms. The Labute approximate surface area is 112 Å². The lowest BCUT2D eigenvalue weighted by molar-refractivity contribution is 0.626. The second kappa shape index (κ2) is 5.67. The van der Waals surface area contributed by atoms with Gasteiger partial charge in [0, 0.05) is 10.6 Å². The molecule has 0 aliphatic rings. The summed E-state index contributed by atoms with van der Waals surface area (Å²) in [7, 11) is 0. The van der Waals surface area contributed by atoms with Crippen LogP contribution in [0.3, 0.4) is 0 Å². The summed E-state index contributed by atoms with van der Waals surface area (Å²) in [6.45, 7) is 0. The van der Waals surface area contributed by atoms with Crippen LogP contribution in [0, 0.1) is 5.82 Å². The van der Waals surface area contributed by atoms with E-state index in [1.54, 1.807) is 18.2 Å². The second-order valence-corrected chi connectivity index (χ2v) is 4.97. The molecule has 0 radical (unpaired) electrons. The highest BCUT2D eigenvalue weighted by atomic mass is 35.5. The lowest BCUT2D eigenvalue weighted by atomic mass is 10.4. The van der Waals surface area contributed by atoms with E-state index in [0.717, 1.165) is 10.6 Å². The van der Waals surface area contributed by atoms with E-state index in [9.17, 15) is 4.39 Å². The minimum Gasteiger partial charge on any atom is -0.222 e. The zero-order valence-electron chi connectivity index (χ0n) is 8.53. The zero-order chi connectivity index (χ0) is 12.3. The van der Waals surface area contributed by atoms with Gasteiger partial charge in [-0.25, -0.2) is 14.4 Å². The van der Waals surface area contributed by atoms with Crippen molar-refractivity contribution in [3.05, 3.63) is 52.3 Å². The Hall–Kier alpha value is -0.840. The first-order valence-electron chi connectivity index (χ1n) is 4.71. The summed E-state index contributed by atoms with van der Waals surface area (Å²) in [5, 5.41) is 0.451. The van der Waals surface area contributed by atoms with Crippen LogP contribution in [0.5, 0.6) is 0 Å². The maximum atomic E-state index is 12.7. The fourth-order valence-electron chi connectivity index (χ4n) is 1.20. The molecule has 0 aliphatic heterocycles. The van der Waals surface area contributed by atoms with Crippen LogP contribution in [0.4, 0.5) is 4.39 Å². The van der Waals surface area contributed by atoms with Crippen molar-refractivity contribution < 1.29 is 4.39 Å². The Kier molecular flexibility index (Phi) is 4.20. The van der Waals surface area contributed by atoms with Gasteiger partial charge in [-0.15, -0.1) is 11.8 Å². The molecular weight excluding hydrogens is 282 g/mol. The molecule has 1 heterocycles. The molecule has 17 heavy (non-hydrogen) atoms. The molecule has 0 atom stereocenters. The Balaban J connectivity index is 2.04. The molecule has 0 aliphatic carbocycles. The zero-order valence-corrected chi connectivity index (χ0v) is 10.9. The van der Waals surface area contributed by atoms with E-state index in [1.165, 1.54) is 23.9 Å². The predicted molar refractivity (Wildman–Crippen MR) is 68.0 cm³/mol. The van der Waals surface area contributed by atoms with Gasteiger partial charge >= 0.3 is 0 Å². The average molecular weight is 289 g/mol. The SMILES string of the molecule is Fc1ccc(SCc2cc(Cl)nc(Cl)n2)cc1. The minimum atomic E-state index is -0.248. The number of nitrogens with zero attached hydrogens (tertiary/aromatic N) is 2. The lowest BCUT2D eigenvalue weighted by Gasteiger charge is -2.02. The number of rotatable bonds is 3. The Morgan fingerprint density at radius 2 is 1.82 bits per heavy atom. The van der Waals surface area contributed by atoms with Crippen LogP contribution >= 0.6 is 35.0 Å². The van der Waals surface area contributed by atoms with Gasteiger partial charge < -0.3 is 0 Å². The molecule has 0 saturated carbocycles. The predicted octanol–water partition coefficient (Wildman–Crippen LogP) is 4.21. The summed E-state index contributed by atoms with van der Waals surface area (Å²) in [5.74, 6) is 0.357. The van der Waals surface area contributed by atoms with E-state index >= 15 is 0 Å². The molecule has 0 unspecified atom stereocenters. The van der Waals surface area contributed by atoms with Crippen molar-refractivity contribution in [1.82, 2.24) is 9.97 Å². The highest BCUT2D eigenvalue weighted by molar-refractivity contribution is 7.98. The number of halogens is 3. The van der Waals surface area contributed by atoms with Gasteiger partial charge in [0.15, 0.2) is 0 Å². The van der Waals surface area contributed by atoms with Crippen molar-refractivity contribution in [3.63, 3.8) is 0 Å². The van der Waals surface area contributed by atoms with Crippen molar-refractivity contribution in [2.75, 3.05) is 0 Å². The molecule has 0 amide bonds. The van der Waals surface area contributed by atoms with Crippen molar-refractivity contribution >= 4 is 35.0 Å². The third-order valence-corrected chi connectivity index (χ3v) is 3.33. The van der Waals surface area contributed by atoms with Crippen LogP contribution in [-0.4, -0.2) is 9.97 Å². The largest absolute Gasteiger partial charge is 0.224 e. The van der Waals surface area contributed by atoms with Crippen molar-refractivity contribution in [2.45, 2.75) is 10.6 Å². The Bertz CT molecular complexity index is 499.